The summed E-state index contributed by atoms with van der Waals surface area (Å²) in [5.41, 5.74) is 8.35. The van der Waals surface area contributed by atoms with E-state index in [0.717, 1.165) is 35.5 Å². The van der Waals surface area contributed by atoms with Crippen molar-refractivity contribution in [2.24, 2.45) is 5.73 Å². The van der Waals surface area contributed by atoms with Crippen LogP contribution < -0.4 is 26.6 Å². The molecule has 5 amide bonds. The predicted molar refractivity (Wildman–Crippen MR) is 137 cm³/mol. The largest absolute Gasteiger partial charge is 0.377 e. The van der Waals surface area contributed by atoms with E-state index >= 15 is 0 Å². The van der Waals surface area contributed by atoms with Crippen molar-refractivity contribution in [3.63, 3.8) is 0 Å². The van der Waals surface area contributed by atoms with Crippen molar-refractivity contribution in [3.05, 3.63) is 35.5 Å². The highest BCUT2D eigenvalue weighted by molar-refractivity contribution is 5.90. The van der Waals surface area contributed by atoms with Crippen LogP contribution in [0.5, 0.6) is 0 Å². The summed E-state index contributed by atoms with van der Waals surface area (Å²) >= 11 is 0. The number of hydrogen-bond donors (Lipinski definition) is 4. The number of nitrogens with two attached hydrogens (primary N) is 1. The van der Waals surface area contributed by atoms with E-state index in [-0.39, 0.29) is 37.0 Å². The molecule has 2 aliphatic heterocycles. The van der Waals surface area contributed by atoms with Gasteiger partial charge in [-0.25, -0.2) is 19.6 Å². The van der Waals surface area contributed by atoms with Crippen LogP contribution in [0.1, 0.15) is 37.4 Å². The number of rotatable bonds is 7. The maximum atomic E-state index is 12.8. The number of nitrogens with zero attached hydrogens (tertiary/aromatic N) is 4. The van der Waals surface area contributed by atoms with Crippen molar-refractivity contribution in [3.8, 4) is 11.4 Å². The summed E-state index contributed by atoms with van der Waals surface area (Å²) in [5, 5.41) is 8.22. The quantitative estimate of drug-likeness (QED) is 0.442. The number of benzene rings is 1. The van der Waals surface area contributed by atoms with Crippen LogP contribution in [0.4, 0.5) is 21.1 Å². The van der Waals surface area contributed by atoms with Crippen LogP contribution in [0.15, 0.2) is 24.3 Å². The minimum atomic E-state index is -0.652. The van der Waals surface area contributed by atoms with E-state index in [0.29, 0.717) is 44.4 Å². The first kappa shape index (κ1) is 24.8. The van der Waals surface area contributed by atoms with Gasteiger partial charge >= 0.3 is 12.1 Å². The number of hydrogen-bond acceptors (Lipinski definition) is 7. The third kappa shape index (κ3) is 5.91. The lowest BCUT2D eigenvalue weighted by molar-refractivity contribution is -0.131. The molecule has 0 spiro atoms. The Morgan fingerprint density at radius 3 is 2.62 bits per heavy atom. The molecule has 1 saturated carbocycles. The standard InChI is InChI=1S/C25H32N8O4/c1-15-14-37-11-10-33(15)23-19-12-32(21(34)8-9-27-24(26)35)13-20(19)30-22(31-23)16-2-4-17(5-3-16)28-25(36)29-18-6-7-18/h2-5,15,18H,6-14H2,1H3,(H3,26,27,35)(H2,28,29,36). The summed E-state index contributed by atoms with van der Waals surface area (Å²) in [7, 11) is 0. The smallest absolute Gasteiger partial charge is 0.319 e. The van der Waals surface area contributed by atoms with E-state index in [1.807, 2.05) is 24.3 Å². The van der Waals surface area contributed by atoms with Crippen molar-refractivity contribution in [2.75, 3.05) is 36.5 Å². The molecule has 3 aliphatic rings. The monoisotopic (exact) mass is 508 g/mol. The maximum absolute atomic E-state index is 12.8. The third-order valence-electron chi connectivity index (χ3n) is 6.70. The Hall–Kier alpha value is -3.93. The van der Waals surface area contributed by atoms with Gasteiger partial charge in [0, 0.05) is 42.4 Å². The normalized spacial score (nSPS) is 18.8. The molecular weight excluding hydrogens is 476 g/mol. The number of primary amides is 1. The second kappa shape index (κ2) is 10.6. The van der Waals surface area contributed by atoms with E-state index in [9.17, 15) is 14.4 Å². The molecular formula is C25H32N8O4. The number of fused-ring (bicyclic) bond motifs is 1. The van der Waals surface area contributed by atoms with Crippen LogP contribution >= 0.6 is 0 Å². The fraction of sp³-hybridized carbons (Fsp3) is 0.480. The molecule has 12 heteroatoms. The van der Waals surface area contributed by atoms with Gasteiger partial charge in [-0.05, 0) is 44.0 Å². The lowest BCUT2D eigenvalue weighted by Crippen LogP contribution is -2.44. The fourth-order valence-corrected chi connectivity index (χ4v) is 4.56. The molecule has 1 atom stereocenters. The van der Waals surface area contributed by atoms with E-state index in [1.165, 1.54) is 0 Å². The molecule has 1 aromatic carbocycles. The summed E-state index contributed by atoms with van der Waals surface area (Å²) in [5.74, 6) is 1.28. The third-order valence-corrected chi connectivity index (χ3v) is 6.70. The number of nitrogens with one attached hydrogen (secondary N) is 3. The van der Waals surface area contributed by atoms with Crippen molar-refractivity contribution in [1.82, 2.24) is 25.5 Å². The molecule has 0 radical (unpaired) electrons. The zero-order chi connectivity index (χ0) is 25.9. The first-order valence-corrected chi connectivity index (χ1v) is 12.6. The van der Waals surface area contributed by atoms with Gasteiger partial charge in [-0.1, -0.05) is 0 Å². The Morgan fingerprint density at radius 2 is 1.92 bits per heavy atom. The van der Waals surface area contributed by atoms with E-state index < -0.39 is 6.03 Å². The average Bonchev–Trinajstić information content (AvgIpc) is 3.57. The Balaban J connectivity index is 1.38. The highest BCUT2D eigenvalue weighted by Crippen LogP contribution is 2.34. The van der Waals surface area contributed by atoms with E-state index in [1.54, 1.807) is 4.90 Å². The summed E-state index contributed by atoms with van der Waals surface area (Å²) in [6, 6.07) is 6.98. The second-order valence-corrected chi connectivity index (χ2v) is 9.65. The molecule has 5 N–H and O–H groups in total. The summed E-state index contributed by atoms with van der Waals surface area (Å²) in [6.45, 7) is 4.94. The summed E-state index contributed by atoms with van der Waals surface area (Å²) in [6.07, 6.45) is 2.21. The topological polar surface area (TPSA) is 155 Å². The van der Waals surface area contributed by atoms with Gasteiger partial charge in [-0.3, -0.25) is 4.79 Å². The van der Waals surface area contributed by atoms with Crippen LogP contribution in [-0.4, -0.2) is 71.2 Å². The number of morpholine rings is 1. The first-order chi connectivity index (χ1) is 17.9. The molecule has 3 heterocycles. The van der Waals surface area contributed by atoms with Gasteiger partial charge in [0.15, 0.2) is 5.82 Å². The molecule has 196 valence electrons. The average molecular weight is 509 g/mol. The molecule has 37 heavy (non-hydrogen) atoms. The van der Waals surface area contributed by atoms with Crippen molar-refractivity contribution < 1.29 is 19.1 Å². The number of carbonyl (C=O) groups is 3. The van der Waals surface area contributed by atoms with Crippen molar-refractivity contribution in [1.29, 1.82) is 0 Å². The number of aromatic nitrogens is 2. The molecule has 2 fully saturated rings. The van der Waals surface area contributed by atoms with E-state index in [2.05, 4.69) is 27.8 Å². The zero-order valence-electron chi connectivity index (χ0n) is 20.8. The Kier molecular flexibility index (Phi) is 7.08. The highest BCUT2D eigenvalue weighted by atomic mass is 16.5. The highest BCUT2D eigenvalue weighted by Gasteiger charge is 2.32. The SMILES string of the molecule is CC1COCCN1c1nc(-c2ccc(NC(=O)NC3CC3)cc2)nc2c1CN(C(=O)CCNC(N)=O)C2. The van der Waals surface area contributed by atoms with Gasteiger partial charge < -0.3 is 36.2 Å². The van der Waals surface area contributed by atoms with Crippen LogP contribution in [0, 0.1) is 0 Å². The molecule has 1 saturated heterocycles. The lowest BCUT2D eigenvalue weighted by Gasteiger charge is -2.35. The Bertz CT molecular complexity index is 1180. The number of urea groups is 2. The van der Waals surface area contributed by atoms with Crippen LogP contribution in [0.25, 0.3) is 11.4 Å². The molecule has 1 aromatic heterocycles. The van der Waals surface area contributed by atoms with Crippen LogP contribution in [0.2, 0.25) is 0 Å². The van der Waals surface area contributed by atoms with Gasteiger partial charge in [0.05, 0.1) is 38.0 Å². The van der Waals surface area contributed by atoms with E-state index in [4.69, 9.17) is 20.4 Å². The lowest BCUT2D eigenvalue weighted by atomic mass is 10.1. The van der Waals surface area contributed by atoms with Gasteiger partial charge in [0.1, 0.15) is 5.82 Å². The van der Waals surface area contributed by atoms with Gasteiger partial charge in [-0.15, -0.1) is 0 Å². The molecule has 0 bridgehead atoms. The fourth-order valence-electron chi connectivity index (χ4n) is 4.56. The summed E-state index contributed by atoms with van der Waals surface area (Å²) < 4.78 is 5.63. The minimum Gasteiger partial charge on any atom is -0.377 e. The van der Waals surface area contributed by atoms with Crippen LogP contribution in [-0.2, 0) is 22.6 Å². The van der Waals surface area contributed by atoms with Crippen molar-refractivity contribution >= 4 is 29.5 Å². The predicted octanol–water partition coefficient (Wildman–Crippen LogP) is 1.55. The van der Waals surface area contributed by atoms with Gasteiger partial charge in [-0.2, -0.15) is 0 Å². The number of carbonyl (C=O) groups excluding carboxylic acids is 3. The Morgan fingerprint density at radius 1 is 1.14 bits per heavy atom. The maximum Gasteiger partial charge on any atom is 0.319 e. The molecule has 1 unspecified atom stereocenters. The summed E-state index contributed by atoms with van der Waals surface area (Å²) in [4.78, 5) is 49.6. The number of amides is 5. The number of ether oxygens (including phenoxy) is 1. The minimum absolute atomic E-state index is 0.0887. The van der Waals surface area contributed by atoms with Gasteiger partial charge in [0.2, 0.25) is 5.91 Å². The van der Waals surface area contributed by atoms with Crippen LogP contribution in [0.3, 0.4) is 0 Å². The molecule has 1 aliphatic carbocycles. The number of anilines is 2. The molecule has 2 aromatic rings. The first-order valence-electron chi connectivity index (χ1n) is 12.6. The van der Waals surface area contributed by atoms with Gasteiger partial charge in [0.25, 0.3) is 0 Å². The second-order valence-electron chi connectivity index (χ2n) is 9.65. The molecule has 5 rings (SSSR count). The zero-order valence-corrected chi connectivity index (χ0v) is 20.8. The Labute approximate surface area is 214 Å². The molecule has 12 nitrogen and oxygen atoms in total. The van der Waals surface area contributed by atoms with Crippen molar-refractivity contribution in [2.45, 2.75) is 51.4 Å².